The zero-order valence-electron chi connectivity index (χ0n) is 6.16. The Kier molecular flexibility index (Phi) is 2.86. The second kappa shape index (κ2) is 3.03. The summed E-state index contributed by atoms with van der Waals surface area (Å²) in [6.07, 6.45) is 0. The Morgan fingerprint density at radius 2 is 2.20 bits per heavy atom. The fourth-order valence-corrected chi connectivity index (χ4v) is 0.443. The zero-order valence-corrected chi connectivity index (χ0v) is 6.16. The summed E-state index contributed by atoms with van der Waals surface area (Å²) in [6, 6.07) is 0. The van der Waals surface area contributed by atoms with Crippen LogP contribution in [0.5, 0.6) is 0 Å². The molecule has 0 aromatic carbocycles. The minimum absolute atomic E-state index is 0.0412. The van der Waals surface area contributed by atoms with E-state index in [1.54, 1.807) is 0 Å². The van der Waals surface area contributed by atoms with Crippen molar-refractivity contribution < 1.29 is 15.0 Å². The molecule has 0 rings (SSSR count). The van der Waals surface area contributed by atoms with E-state index in [-0.39, 0.29) is 6.54 Å². The van der Waals surface area contributed by atoms with Gasteiger partial charge in [0.05, 0.1) is 5.50 Å². The summed E-state index contributed by atoms with van der Waals surface area (Å²) in [5.74, 6) is -1.03. The normalized spacial score (nSPS) is 16.0. The molecule has 58 valence electrons. The summed E-state index contributed by atoms with van der Waals surface area (Å²) >= 11 is 0. The van der Waals surface area contributed by atoms with Crippen molar-refractivity contribution in [3.05, 3.63) is 0 Å². The van der Waals surface area contributed by atoms with E-state index in [1.165, 1.54) is 13.7 Å². The first kappa shape index (κ1) is 9.45. The molecule has 0 bridgehead atoms. The fourth-order valence-electron chi connectivity index (χ4n) is 0.443. The van der Waals surface area contributed by atoms with Gasteiger partial charge < -0.3 is 15.9 Å². The Morgan fingerprint density at radius 3 is 2.30 bits per heavy atom. The van der Waals surface area contributed by atoms with Crippen LogP contribution in [0.4, 0.5) is 4.79 Å². The third-order valence-corrected chi connectivity index (χ3v) is 1.72. The maximum Gasteiger partial charge on any atom is 0.311 e. The van der Waals surface area contributed by atoms with E-state index in [0.29, 0.717) is 0 Å². The minimum atomic E-state index is -1.30. The summed E-state index contributed by atoms with van der Waals surface area (Å²) in [5.41, 5.74) is 3.83. The molecule has 0 spiro atoms. The molecule has 0 radical (unpaired) electrons. The molecule has 0 aromatic rings. The highest BCUT2D eigenvalue weighted by molar-refractivity contribution is 6.89. The van der Waals surface area contributed by atoms with E-state index in [1.807, 2.05) is 0 Å². The SMILES string of the molecule is CB(C(=O)O)C(C)(O)CN. The Bertz CT molecular complexity index is 137. The molecule has 4 N–H and O–H groups in total. The lowest BCUT2D eigenvalue weighted by Gasteiger charge is -2.22. The summed E-state index contributed by atoms with van der Waals surface area (Å²) in [6.45, 7) is 1.97. The number of aliphatic hydroxyl groups is 1. The van der Waals surface area contributed by atoms with Gasteiger partial charge in [0.1, 0.15) is 0 Å². The number of hydrogen-bond acceptors (Lipinski definition) is 3. The van der Waals surface area contributed by atoms with Crippen LogP contribution in [-0.2, 0) is 0 Å². The molecule has 0 fully saturated rings. The van der Waals surface area contributed by atoms with Gasteiger partial charge in [-0.05, 0) is 6.92 Å². The first-order chi connectivity index (χ1) is 4.41. The molecule has 4 nitrogen and oxygen atoms in total. The van der Waals surface area contributed by atoms with Crippen molar-refractivity contribution in [1.82, 2.24) is 0 Å². The van der Waals surface area contributed by atoms with Crippen LogP contribution in [0.3, 0.4) is 0 Å². The fraction of sp³-hybridized carbons (Fsp3) is 0.800. The topological polar surface area (TPSA) is 83.5 Å². The molecule has 0 aliphatic carbocycles. The lowest BCUT2D eigenvalue weighted by molar-refractivity contribution is 0.145. The second-order valence-electron chi connectivity index (χ2n) is 2.62. The zero-order chi connectivity index (χ0) is 8.36. The highest BCUT2D eigenvalue weighted by Crippen LogP contribution is 2.06. The standard InChI is InChI=1S/C5H12BNO3/c1-5(10,3-7)6(2)4(8)9/h10H,3,7H2,1-2H3,(H,8,9). The average Bonchev–Trinajstić information content (AvgIpc) is 1.86. The monoisotopic (exact) mass is 145 g/mol. The number of hydrogen-bond donors (Lipinski definition) is 3. The van der Waals surface area contributed by atoms with Crippen LogP contribution in [0.25, 0.3) is 0 Å². The largest absolute Gasteiger partial charge is 0.489 e. The van der Waals surface area contributed by atoms with Gasteiger partial charge in [-0.15, -0.1) is 0 Å². The van der Waals surface area contributed by atoms with E-state index in [2.05, 4.69) is 0 Å². The van der Waals surface area contributed by atoms with Crippen molar-refractivity contribution in [1.29, 1.82) is 0 Å². The van der Waals surface area contributed by atoms with Crippen LogP contribution < -0.4 is 5.73 Å². The van der Waals surface area contributed by atoms with Gasteiger partial charge in [-0.1, -0.05) is 6.82 Å². The van der Waals surface area contributed by atoms with E-state index in [4.69, 9.17) is 10.8 Å². The van der Waals surface area contributed by atoms with Crippen molar-refractivity contribution in [2.45, 2.75) is 19.2 Å². The molecule has 0 saturated carbocycles. The van der Waals surface area contributed by atoms with Gasteiger partial charge >= 0.3 is 6.71 Å². The van der Waals surface area contributed by atoms with Gasteiger partial charge in [0, 0.05) is 6.54 Å². The molecule has 0 aliphatic rings. The molecule has 0 aromatic heterocycles. The van der Waals surface area contributed by atoms with Crippen molar-refractivity contribution in [3.63, 3.8) is 0 Å². The van der Waals surface area contributed by atoms with Crippen molar-refractivity contribution in [3.8, 4) is 0 Å². The number of carbonyl (C=O) groups is 1. The van der Waals surface area contributed by atoms with Crippen molar-refractivity contribution in [2.24, 2.45) is 5.73 Å². The maximum atomic E-state index is 10.3. The van der Waals surface area contributed by atoms with E-state index >= 15 is 0 Å². The molecule has 10 heavy (non-hydrogen) atoms. The number of carboxylic acid groups (broad SMARTS) is 1. The maximum absolute atomic E-state index is 10.3. The molecular formula is C5H12BNO3. The molecule has 0 heterocycles. The summed E-state index contributed by atoms with van der Waals surface area (Å²) in [7, 11) is 0. The predicted molar refractivity (Wildman–Crippen MR) is 39.3 cm³/mol. The highest BCUT2D eigenvalue weighted by Gasteiger charge is 2.36. The average molecular weight is 145 g/mol. The Hall–Kier alpha value is -0.545. The van der Waals surface area contributed by atoms with Gasteiger partial charge in [0.15, 0.2) is 0 Å². The van der Waals surface area contributed by atoms with Crippen LogP contribution in [0.1, 0.15) is 6.92 Å². The Labute approximate surface area is 60.1 Å². The van der Waals surface area contributed by atoms with E-state index < -0.39 is 18.1 Å². The molecule has 0 aliphatic heterocycles. The molecule has 5 heteroatoms. The van der Waals surface area contributed by atoms with E-state index in [0.717, 1.165) is 0 Å². The third-order valence-electron chi connectivity index (χ3n) is 1.72. The first-order valence-corrected chi connectivity index (χ1v) is 3.07. The van der Waals surface area contributed by atoms with Crippen LogP contribution in [0.2, 0.25) is 6.82 Å². The predicted octanol–water partition coefficient (Wildman–Crippen LogP) is -0.380. The van der Waals surface area contributed by atoms with Crippen LogP contribution in [0, 0.1) is 0 Å². The number of rotatable bonds is 3. The molecule has 1 unspecified atom stereocenters. The van der Waals surface area contributed by atoms with Crippen LogP contribution >= 0.6 is 0 Å². The summed E-state index contributed by atoms with van der Waals surface area (Å²) in [4.78, 5) is 10.3. The van der Waals surface area contributed by atoms with Gasteiger partial charge in [0.2, 0.25) is 0 Å². The summed E-state index contributed by atoms with van der Waals surface area (Å²) in [5, 5.41) is 17.7. The highest BCUT2D eigenvalue weighted by atomic mass is 16.4. The molecule has 1 atom stereocenters. The van der Waals surface area contributed by atoms with Crippen LogP contribution in [0.15, 0.2) is 0 Å². The van der Waals surface area contributed by atoms with Crippen molar-refractivity contribution in [2.75, 3.05) is 6.54 Å². The lowest BCUT2D eigenvalue weighted by Crippen LogP contribution is -2.51. The smallest absolute Gasteiger partial charge is 0.311 e. The minimum Gasteiger partial charge on any atom is -0.489 e. The van der Waals surface area contributed by atoms with Crippen molar-refractivity contribution >= 4 is 12.6 Å². The molecule has 0 amide bonds. The van der Waals surface area contributed by atoms with E-state index in [9.17, 15) is 9.90 Å². The second-order valence-corrected chi connectivity index (χ2v) is 2.62. The lowest BCUT2D eigenvalue weighted by atomic mass is 9.40. The number of nitrogens with two attached hydrogens (primary N) is 1. The summed E-state index contributed by atoms with van der Waals surface area (Å²) < 4.78 is 0. The van der Waals surface area contributed by atoms with Crippen LogP contribution in [-0.4, -0.2) is 34.8 Å². The quantitative estimate of drug-likeness (QED) is 0.472. The molecule has 0 saturated heterocycles. The Balaban J connectivity index is 4.17. The van der Waals surface area contributed by atoms with Gasteiger partial charge in [-0.2, -0.15) is 0 Å². The first-order valence-electron chi connectivity index (χ1n) is 3.07. The van der Waals surface area contributed by atoms with Gasteiger partial charge in [-0.3, -0.25) is 4.79 Å². The third kappa shape index (κ3) is 2.00. The molecular weight excluding hydrogens is 133 g/mol. The van der Waals surface area contributed by atoms with Gasteiger partial charge in [-0.25, -0.2) is 0 Å². The Morgan fingerprint density at radius 1 is 1.80 bits per heavy atom. The van der Waals surface area contributed by atoms with Gasteiger partial charge in [0.25, 0.3) is 5.87 Å².